The van der Waals surface area contributed by atoms with E-state index in [2.05, 4.69) is 19.2 Å². The molecule has 3 nitrogen and oxygen atoms in total. The van der Waals surface area contributed by atoms with Crippen LogP contribution < -0.4 is 14.8 Å². The van der Waals surface area contributed by atoms with Crippen molar-refractivity contribution in [1.29, 1.82) is 0 Å². The molecule has 0 radical (unpaired) electrons. The second-order valence-corrected chi connectivity index (χ2v) is 4.40. The fourth-order valence-corrected chi connectivity index (χ4v) is 1.65. The second kappa shape index (κ2) is 8.81. The van der Waals surface area contributed by atoms with E-state index in [4.69, 9.17) is 9.47 Å². The Morgan fingerprint density at radius 1 is 1.06 bits per heavy atom. The van der Waals surface area contributed by atoms with E-state index in [-0.39, 0.29) is 0 Å². The molecule has 1 aromatic rings. The van der Waals surface area contributed by atoms with Crippen molar-refractivity contribution >= 4 is 0 Å². The minimum absolute atomic E-state index is 0.507. The Morgan fingerprint density at radius 3 is 2.22 bits per heavy atom. The predicted octanol–water partition coefficient (Wildman–Crippen LogP) is 3.24. The number of hydrogen-bond acceptors (Lipinski definition) is 3. The van der Waals surface area contributed by atoms with Crippen LogP contribution in [0.4, 0.5) is 0 Å². The standard InChI is InChI=1S/C15H25NO2/c1-4-11-16-13(3)10-12-18-15-8-6-14(7-9-15)17-5-2/h6-9,13,16H,4-5,10-12H2,1-3H3. The highest BCUT2D eigenvalue weighted by atomic mass is 16.5. The van der Waals surface area contributed by atoms with Crippen LogP contribution in [0.5, 0.6) is 11.5 Å². The van der Waals surface area contributed by atoms with Crippen LogP contribution in [0.1, 0.15) is 33.6 Å². The number of ether oxygens (including phenoxy) is 2. The van der Waals surface area contributed by atoms with Gasteiger partial charge in [0, 0.05) is 6.04 Å². The summed E-state index contributed by atoms with van der Waals surface area (Å²) in [4.78, 5) is 0. The zero-order valence-corrected chi connectivity index (χ0v) is 11.7. The first-order valence-electron chi connectivity index (χ1n) is 6.85. The van der Waals surface area contributed by atoms with Gasteiger partial charge in [-0.2, -0.15) is 0 Å². The lowest BCUT2D eigenvalue weighted by molar-refractivity contribution is 0.289. The van der Waals surface area contributed by atoms with Crippen molar-refractivity contribution in [2.75, 3.05) is 19.8 Å². The Kier molecular flexibility index (Phi) is 7.26. The molecule has 18 heavy (non-hydrogen) atoms. The number of nitrogens with one attached hydrogen (secondary N) is 1. The maximum atomic E-state index is 5.69. The molecule has 1 rings (SSSR count). The monoisotopic (exact) mass is 251 g/mol. The largest absolute Gasteiger partial charge is 0.494 e. The maximum absolute atomic E-state index is 5.69. The summed E-state index contributed by atoms with van der Waals surface area (Å²) < 4.78 is 11.1. The molecule has 3 heteroatoms. The van der Waals surface area contributed by atoms with Crippen molar-refractivity contribution < 1.29 is 9.47 Å². The maximum Gasteiger partial charge on any atom is 0.119 e. The molecule has 1 unspecified atom stereocenters. The molecular weight excluding hydrogens is 226 g/mol. The van der Waals surface area contributed by atoms with Crippen LogP contribution in [-0.4, -0.2) is 25.8 Å². The fourth-order valence-electron chi connectivity index (χ4n) is 1.65. The van der Waals surface area contributed by atoms with Gasteiger partial charge in [0.2, 0.25) is 0 Å². The van der Waals surface area contributed by atoms with E-state index in [9.17, 15) is 0 Å². The van der Waals surface area contributed by atoms with Gasteiger partial charge < -0.3 is 14.8 Å². The summed E-state index contributed by atoms with van der Waals surface area (Å²) >= 11 is 0. The molecule has 0 fully saturated rings. The summed E-state index contributed by atoms with van der Waals surface area (Å²) in [5.74, 6) is 1.80. The summed E-state index contributed by atoms with van der Waals surface area (Å²) in [5, 5.41) is 3.44. The molecule has 1 atom stereocenters. The Hall–Kier alpha value is -1.22. The van der Waals surface area contributed by atoms with Gasteiger partial charge in [0.1, 0.15) is 11.5 Å². The van der Waals surface area contributed by atoms with Crippen molar-refractivity contribution in [3.63, 3.8) is 0 Å². The van der Waals surface area contributed by atoms with Crippen molar-refractivity contribution in [2.45, 2.75) is 39.7 Å². The summed E-state index contributed by atoms with van der Waals surface area (Å²) in [5.41, 5.74) is 0. The SMILES string of the molecule is CCCNC(C)CCOc1ccc(OCC)cc1. The van der Waals surface area contributed by atoms with Gasteiger partial charge in [0.05, 0.1) is 13.2 Å². The first-order valence-corrected chi connectivity index (χ1v) is 6.85. The quantitative estimate of drug-likeness (QED) is 0.731. The van der Waals surface area contributed by atoms with Gasteiger partial charge in [-0.25, -0.2) is 0 Å². The molecule has 0 spiro atoms. The Bertz CT molecular complexity index is 311. The first kappa shape index (κ1) is 14.8. The van der Waals surface area contributed by atoms with Crippen molar-refractivity contribution in [1.82, 2.24) is 5.32 Å². The average molecular weight is 251 g/mol. The minimum Gasteiger partial charge on any atom is -0.494 e. The zero-order valence-electron chi connectivity index (χ0n) is 11.7. The highest BCUT2D eigenvalue weighted by molar-refractivity contribution is 5.31. The molecule has 0 aliphatic carbocycles. The van der Waals surface area contributed by atoms with E-state index in [1.807, 2.05) is 31.2 Å². The molecule has 102 valence electrons. The smallest absolute Gasteiger partial charge is 0.119 e. The summed E-state index contributed by atoms with van der Waals surface area (Å²) in [6.45, 7) is 8.86. The lowest BCUT2D eigenvalue weighted by atomic mass is 10.2. The van der Waals surface area contributed by atoms with Crippen molar-refractivity contribution in [2.24, 2.45) is 0 Å². The Balaban J connectivity index is 2.22. The number of benzene rings is 1. The molecule has 0 saturated heterocycles. The predicted molar refractivity (Wildman–Crippen MR) is 75.5 cm³/mol. The van der Waals surface area contributed by atoms with E-state index in [1.54, 1.807) is 0 Å². The number of rotatable bonds is 9. The van der Waals surface area contributed by atoms with Gasteiger partial charge in [0.25, 0.3) is 0 Å². The first-order chi connectivity index (χ1) is 8.76. The molecule has 0 aromatic heterocycles. The molecule has 1 aromatic carbocycles. The van der Waals surface area contributed by atoms with Crippen LogP contribution >= 0.6 is 0 Å². The number of hydrogen-bond donors (Lipinski definition) is 1. The third-order valence-corrected chi connectivity index (χ3v) is 2.70. The average Bonchev–Trinajstić information content (AvgIpc) is 2.39. The second-order valence-electron chi connectivity index (χ2n) is 4.40. The molecule has 0 saturated carbocycles. The third-order valence-electron chi connectivity index (χ3n) is 2.70. The summed E-state index contributed by atoms with van der Waals surface area (Å²) in [6, 6.07) is 8.30. The van der Waals surface area contributed by atoms with Gasteiger partial charge in [-0.15, -0.1) is 0 Å². The van der Waals surface area contributed by atoms with Crippen LogP contribution in [0.25, 0.3) is 0 Å². The molecule has 0 aliphatic rings. The highest BCUT2D eigenvalue weighted by Gasteiger charge is 2.01. The van der Waals surface area contributed by atoms with E-state index in [0.29, 0.717) is 12.6 Å². The van der Waals surface area contributed by atoms with Gasteiger partial charge >= 0.3 is 0 Å². The summed E-state index contributed by atoms with van der Waals surface area (Å²) in [7, 11) is 0. The topological polar surface area (TPSA) is 30.5 Å². The van der Waals surface area contributed by atoms with Crippen LogP contribution in [-0.2, 0) is 0 Å². The van der Waals surface area contributed by atoms with E-state index < -0.39 is 0 Å². The van der Waals surface area contributed by atoms with Crippen molar-refractivity contribution in [3.8, 4) is 11.5 Å². The van der Waals surface area contributed by atoms with Gasteiger partial charge in [-0.1, -0.05) is 6.92 Å². The van der Waals surface area contributed by atoms with Gasteiger partial charge in [-0.05, 0) is 57.5 Å². The van der Waals surface area contributed by atoms with Crippen molar-refractivity contribution in [3.05, 3.63) is 24.3 Å². The highest BCUT2D eigenvalue weighted by Crippen LogP contribution is 2.17. The lowest BCUT2D eigenvalue weighted by Gasteiger charge is -2.13. The molecular formula is C15H25NO2. The normalized spacial score (nSPS) is 12.2. The molecule has 1 N–H and O–H groups in total. The van der Waals surface area contributed by atoms with E-state index >= 15 is 0 Å². The Morgan fingerprint density at radius 2 is 1.67 bits per heavy atom. The summed E-state index contributed by atoms with van der Waals surface area (Å²) in [6.07, 6.45) is 2.19. The van der Waals surface area contributed by atoms with Crippen LogP contribution in [0.2, 0.25) is 0 Å². The lowest BCUT2D eigenvalue weighted by Crippen LogP contribution is -2.28. The zero-order chi connectivity index (χ0) is 13.2. The van der Waals surface area contributed by atoms with Crippen LogP contribution in [0, 0.1) is 0 Å². The minimum atomic E-state index is 0.507. The molecule has 0 amide bonds. The van der Waals surface area contributed by atoms with Gasteiger partial charge in [-0.3, -0.25) is 0 Å². The third kappa shape index (κ3) is 5.92. The molecule has 0 bridgehead atoms. The van der Waals surface area contributed by atoms with E-state index in [0.717, 1.165) is 31.1 Å². The molecule has 0 aliphatic heterocycles. The van der Waals surface area contributed by atoms with Crippen LogP contribution in [0.15, 0.2) is 24.3 Å². The van der Waals surface area contributed by atoms with Gasteiger partial charge in [0.15, 0.2) is 0 Å². The fraction of sp³-hybridized carbons (Fsp3) is 0.600. The van der Waals surface area contributed by atoms with E-state index in [1.165, 1.54) is 6.42 Å². The Labute approximate surface area is 110 Å². The van der Waals surface area contributed by atoms with Crippen LogP contribution in [0.3, 0.4) is 0 Å². The molecule has 0 heterocycles.